The van der Waals surface area contributed by atoms with Crippen LogP contribution >= 0.6 is 0 Å². The zero-order chi connectivity index (χ0) is 22.1. The van der Waals surface area contributed by atoms with E-state index in [2.05, 4.69) is 21.7 Å². The number of rotatable bonds is 5. The van der Waals surface area contributed by atoms with E-state index in [4.69, 9.17) is 14.2 Å². The van der Waals surface area contributed by atoms with Gasteiger partial charge in [0.25, 0.3) is 0 Å². The molecule has 0 radical (unpaired) electrons. The lowest BCUT2D eigenvalue weighted by Gasteiger charge is -2.35. The highest BCUT2D eigenvalue weighted by Crippen LogP contribution is 2.37. The Morgan fingerprint density at radius 1 is 1.19 bits per heavy atom. The minimum atomic E-state index is -0.450. The van der Waals surface area contributed by atoms with Crippen LogP contribution in [0.25, 0.3) is 21.8 Å². The molecule has 1 aliphatic rings. The Balaban J connectivity index is 0.00000289. The number of aromatic nitrogens is 2. The molecule has 0 aliphatic carbocycles. The third kappa shape index (κ3) is 4.05. The molecule has 0 spiro atoms. The molecule has 0 saturated carbocycles. The molecule has 2 N–H and O–H groups in total. The van der Waals surface area contributed by atoms with Crippen LogP contribution in [0.2, 0.25) is 0 Å². The molecule has 1 aromatic carbocycles. The van der Waals surface area contributed by atoms with Crippen molar-refractivity contribution in [3.05, 3.63) is 54.1 Å². The second-order valence-electron chi connectivity index (χ2n) is 7.91. The number of pyridine rings is 1. The third-order valence-corrected chi connectivity index (χ3v) is 6.13. The number of ether oxygens (including phenoxy) is 3. The number of hydrogen-bond donors (Lipinski definition) is 0. The predicted molar refractivity (Wildman–Crippen MR) is 120 cm³/mol. The normalized spacial score (nSPS) is 20.2. The topological polar surface area (TPSA) is 111 Å². The summed E-state index contributed by atoms with van der Waals surface area (Å²) in [6.45, 7) is 3.44. The summed E-state index contributed by atoms with van der Waals surface area (Å²) < 4.78 is 18.2. The van der Waals surface area contributed by atoms with Crippen molar-refractivity contribution in [2.24, 2.45) is 18.9 Å². The van der Waals surface area contributed by atoms with E-state index in [1.807, 2.05) is 32.2 Å². The maximum atomic E-state index is 12.5. The van der Waals surface area contributed by atoms with E-state index >= 15 is 0 Å². The van der Waals surface area contributed by atoms with Crippen molar-refractivity contribution in [1.29, 1.82) is 0 Å². The zero-order valence-electron chi connectivity index (χ0n) is 18.6. The number of esters is 2. The Labute approximate surface area is 186 Å². The van der Waals surface area contributed by atoms with Crippen LogP contribution in [0, 0.1) is 11.8 Å². The number of hydrogen-bond acceptors (Lipinski definition) is 6. The van der Waals surface area contributed by atoms with Gasteiger partial charge in [0.1, 0.15) is 6.10 Å². The van der Waals surface area contributed by atoms with Gasteiger partial charge >= 0.3 is 11.9 Å². The van der Waals surface area contributed by atoms with Crippen LogP contribution < -0.4 is 0 Å². The minimum absolute atomic E-state index is 0. The number of benzene rings is 1. The Hall–Kier alpha value is -3.39. The molecule has 2 aromatic heterocycles. The smallest absolute Gasteiger partial charge is 0.337 e. The van der Waals surface area contributed by atoms with Crippen LogP contribution in [0.1, 0.15) is 19.5 Å². The lowest BCUT2D eigenvalue weighted by Crippen LogP contribution is -2.39. The number of nitrogens with zero attached hydrogens (tertiary/aromatic N) is 2. The average Bonchev–Trinajstić information content (AvgIpc) is 3.06. The molecule has 0 saturated heterocycles. The quantitative estimate of drug-likeness (QED) is 0.564. The summed E-state index contributed by atoms with van der Waals surface area (Å²) in [5, 5.41) is 2.27. The molecule has 3 aromatic rings. The van der Waals surface area contributed by atoms with Gasteiger partial charge in [-0.2, -0.15) is 0 Å². The first-order valence-electron chi connectivity index (χ1n) is 10.3. The van der Waals surface area contributed by atoms with Crippen LogP contribution in [-0.2, 0) is 37.3 Å². The highest BCUT2D eigenvalue weighted by molar-refractivity contribution is 6.08. The summed E-state index contributed by atoms with van der Waals surface area (Å²) in [6, 6.07) is 10.2. The van der Waals surface area contributed by atoms with Gasteiger partial charge in [-0.1, -0.05) is 18.2 Å². The first-order chi connectivity index (χ1) is 14.9. The van der Waals surface area contributed by atoms with E-state index in [1.54, 1.807) is 6.20 Å². The molecule has 3 atom stereocenters. The molecule has 3 heterocycles. The van der Waals surface area contributed by atoms with Crippen LogP contribution in [0.3, 0.4) is 0 Å². The van der Waals surface area contributed by atoms with Crippen LogP contribution in [0.4, 0.5) is 0 Å². The molecule has 0 fully saturated rings. The SMILES string of the molecule is COC(=O)C1=CO[C@@H](C)[C@H](COC(C)=O)[C@@H]1Cc1nccc2c3ccccc3n(C)c12.O. The highest BCUT2D eigenvalue weighted by Gasteiger charge is 2.39. The van der Waals surface area contributed by atoms with E-state index < -0.39 is 5.97 Å². The molecular formula is C24H28N2O6. The molecule has 4 rings (SSSR count). The monoisotopic (exact) mass is 440 g/mol. The van der Waals surface area contributed by atoms with Crippen LogP contribution in [0.15, 0.2) is 48.4 Å². The fraction of sp³-hybridized carbons (Fsp3) is 0.375. The Morgan fingerprint density at radius 2 is 1.94 bits per heavy atom. The fourth-order valence-electron chi connectivity index (χ4n) is 4.53. The van der Waals surface area contributed by atoms with Crippen LogP contribution in [-0.4, -0.2) is 46.8 Å². The Morgan fingerprint density at radius 3 is 2.66 bits per heavy atom. The van der Waals surface area contributed by atoms with Gasteiger partial charge in [-0.05, 0) is 25.5 Å². The summed E-state index contributed by atoms with van der Waals surface area (Å²) >= 11 is 0. The second kappa shape index (κ2) is 9.40. The van der Waals surface area contributed by atoms with Crippen molar-refractivity contribution < 1.29 is 29.3 Å². The van der Waals surface area contributed by atoms with Crippen molar-refractivity contribution in [2.75, 3.05) is 13.7 Å². The van der Waals surface area contributed by atoms with Crippen molar-refractivity contribution in [1.82, 2.24) is 9.55 Å². The van der Waals surface area contributed by atoms with Gasteiger partial charge in [-0.3, -0.25) is 9.78 Å². The maximum absolute atomic E-state index is 12.5. The van der Waals surface area contributed by atoms with Gasteiger partial charge in [-0.25, -0.2) is 4.79 Å². The van der Waals surface area contributed by atoms with Gasteiger partial charge in [0.05, 0.1) is 36.8 Å². The van der Waals surface area contributed by atoms with E-state index in [0.717, 1.165) is 27.5 Å². The molecule has 0 bridgehead atoms. The third-order valence-electron chi connectivity index (χ3n) is 6.13. The molecule has 32 heavy (non-hydrogen) atoms. The summed E-state index contributed by atoms with van der Waals surface area (Å²) in [5.41, 5.74) is 3.44. The Bertz CT molecular complexity index is 1180. The fourth-order valence-corrected chi connectivity index (χ4v) is 4.53. The number of para-hydroxylation sites is 1. The van der Waals surface area contributed by atoms with Crippen molar-refractivity contribution >= 4 is 33.7 Å². The lowest BCUT2D eigenvalue weighted by molar-refractivity contribution is -0.145. The van der Waals surface area contributed by atoms with E-state index in [-0.39, 0.29) is 36.0 Å². The Kier molecular flexibility index (Phi) is 6.84. The number of fused-ring (bicyclic) bond motifs is 3. The molecule has 0 amide bonds. The van der Waals surface area contributed by atoms with Crippen molar-refractivity contribution in [2.45, 2.75) is 26.4 Å². The number of carbonyl (C=O) groups is 2. The predicted octanol–water partition coefficient (Wildman–Crippen LogP) is 2.72. The largest absolute Gasteiger partial charge is 0.497 e. The molecular weight excluding hydrogens is 412 g/mol. The lowest BCUT2D eigenvalue weighted by atomic mass is 9.78. The molecule has 170 valence electrons. The second-order valence-corrected chi connectivity index (χ2v) is 7.91. The van der Waals surface area contributed by atoms with E-state index in [9.17, 15) is 9.59 Å². The van der Waals surface area contributed by atoms with E-state index in [1.165, 1.54) is 20.3 Å². The van der Waals surface area contributed by atoms with E-state index in [0.29, 0.717) is 12.0 Å². The summed E-state index contributed by atoms with van der Waals surface area (Å²) in [7, 11) is 3.37. The number of methoxy groups -OCH3 is 1. The highest BCUT2D eigenvalue weighted by atomic mass is 16.5. The van der Waals surface area contributed by atoms with Gasteiger partial charge in [0, 0.05) is 48.3 Å². The first-order valence-corrected chi connectivity index (χ1v) is 10.3. The molecule has 0 unspecified atom stereocenters. The summed E-state index contributed by atoms with van der Waals surface area (Å²) in [6.07, 6.45) is 3.54. The first kappa shape index (κ1) is 23.3. The summed E-state index contributed by atoms with van der Waals surface area (Å²) in [5.74, 6) is -1.30. The summed E-state index contributed by atoms with van der Waals surface area (Å²) in [4.78, 5) is 28.7. The molecule has 8 heteroatoms. The number of aryl methyl sites for hydroxylation is 1. The molecule has 1 aliphatic heterocycles. The minimum Gasteiger partial charge on any atom is -0.497 e. The van der Waals surface area contributed by atoms with Crippen molar-refractivity contribution in [3.8, 4) is 0 Å². The standard InChI is InChI=1S/C24H26N2O5.H2O/c1-14-19(12-31-15(2)27)18(20(13-30-14)24(28)29-4)11-21-23-17(9-10-25-21)16-7-5-6-8-22(16)26(23)3;/h5-10,13-14,18-19H,11-12H2,1-4H3;1H2/t14-,18-,19-;/m0./s1. The van der Waals surface area contributed by atoms with Gasteiger partial charge < -0.3 is 24.3 Å². The van der Waals surface area contributed by atoms with Gasteiger partial charge in [-0.15, -0.1) is 0 Å². The maximum Gasteiger partial charge on any atom is 0.337 e. The van der Waals surface area contributed by atoms with Crippen molar-refractivity contribution in [3.63, 3.8) is 0 Å². The molecule has 8 nitrogen and oxygen atoms in total. The van der Waals surface area contributed by atoms with Crippen LogP contribution in [0.5, 0.6) is 0 Å². The number of carbonyl (C=O) groups excluding carboxylic acids is 2. The zero-order valence-corrected chi connectivity index (χ0v) is 18.6. The average molecular weight is 440 g/mol. The van der Waals surface area contributed by atoms with Gasteiger partial charge in [0.2, 0.25) is 0 Å². The van der Waals surface area contributed by atoms with Gasteiger partial charge in [0.15, 0.2) is 0 Å².